The van der Waals surface area contributed by atoms with E-state index in [-0.39, 0.29) is 0 Å². The van der Waals surface area contributed by atoms with Crippen LogP contribution in [0, 0.1) is 5.92 Å². The third kappa shape index (κ3) is 6.95. The van der Waals surface area contributed by atoms with Crippen molar-refractivity contribution in [2.45, 2.75) is 64.7 Å². The normalized spacial score (nSPS) is 19.7. The van der Waals surface area contributed by atoms with Crippen LogP contribution in [0.2, 0.25) is 0 Å². The molecule has 0 aromatic carbocycles. The topological polar surface area (TPSA) is 32.3 Å². The number of piperidine rings is 1. The summed E-state index contributed by atoms with van der Waals surface area (Å²) >= 11 is 0. The molecule has 112 valence electrons. The Morgan fingerprint density at radius 2 is 1.95 bits per heavy atom. The number of hydrogen-bond donors (Lipinski definition) is 1. The van der Waals surface area contributed by atoms with E-state index in [4.69, 9.17) is 0 Å². The van der Waals surface area contributed by atoms with Crippen molar-refractivity contribution in [3.05, 3.63) is 0 Å². The zero-order chi connectivity index (χ0) is 13.9. The molecule has 1 fully saturated rings. The van der Waals surface area contributed by atoms with E-state index in [1.165, 1.54) is 44.9 Å². The predicted octanol–water partition coefficient (Wildman–Crippen LogP) is 3.20. The fourth-order valence-corrected chi connectivity index (χ4v) is 2.96. The summed E-state index contributed by atoms with van der Waals surface area (Å²) in [5.41, 5.74) is 0. The van der Waals surface area contributed by atoms with Gasteiger partial charge in [0.25, 0.3) is 0 Å². The van der Waals surface area contributed by atoms with Gasteiger partial charge in [-0.15, -0.1) is 0 Å². The molecule has 1 unspecified atom stereocenters. The van der Waals surface area contributed by atoms with Crippen LogP contribution in [-0.4, -0.2) is 37.5 Å². The van der Waals surface area contributed by atoms with E-state index in [0.29, 0.717) is 11.8 Å². The van der Waals surface area contributed by atoms with Gasteiger partial charge in [0, 0.05) is 19.5 Å². The van der Waals surface area contributed by atoms with Crippen LogP contribution in [-0.2, 0) is 4.79 Å². The largest absolute Gasteiger partial charge is 0.342 e. The van der Waals surface area contributed by atoms with Gasteiger partial charge in [-0.25, -0.2) is 0 Å². The minimum Gasteiger partial charge on any atom is -0.342 e. The second kappa shape index (κ2) is 10.2. The number of carbonyl (C=O) groups is 1. The molecular formula is C16H32N2O. The van der Waals surface area contributed by atoms with Gasteiger partial charge in [0.2, 0.25) is 5.91 Å². The van der Waals surface area contributed by atoms with Crippen LogP contribution < -0.4 is 5.32 Å². The lowest BCUT2D eigenvalue weighted by Gasteiger charge is -2.32. The number of hydrogen-bond acceptors (Lipinski definition) is 2. The molecular weight excluding hydrogens is 236 g/mol. The number of carbonyl (C=O) groups excluding carboxylic acids is 1. The Balaban J connectivity index is 2.11. The molecule has 1 saturated heterocycles. The summed E-state index contributed by atoms with van der Waals surface area (Å²) in [6.07, 6.45) is 10.8. The van der Waals surface area contributed by atoms with Gasteiger partial charge < -0.3 is 10.2 Å². The van der Waals surface area contributed by atoms with Gasteiger partial charge in [-0.1, -0.05) is 39.0 Å². The first kappa shape index (κ1) is 16.5. The lowest BCUT2D eigenvalue weighted by molar-refractivity contribution is -0.133. The second-order valence-corrected chi connectivity index (χ2v) is 5.92. The zero-order valence-corrected chi connectivity index (χ0v) is 12.9. The number of unbranched alkanes of at least 4 members (excludes halogenated alkanes) is 5. The van der Waals surface area contributed by atoms with Gasteiger partial charge in [-0.05, 0) is 38.8 Å². The second-order valence-electron chi connectivity index (χ2n) is 5.92. The summed E-state index contributed by atoms with van der Waals surface area (Å²) in [5, 5.41) is 3.23. The van der Waals surface area contributed by atoms with Crippen molar-refractivity contribution in [2.75, 3.05) is 26.7 Å². The molecule has 1 rings (SSSR count). The van der Waals surface area contributed by atoms with Gasteiger partial charge in [0.1, 0.15) is 0 Å². The Morgan fingerprint density at radius 1 is 1.21 bits per heavy atom. The van der Waals surface area contributed by atoms with Gasteiger partial charge >= 0.3 is 0 Å². The summed E-state index contributed by atoms with van der Waals surface area (Å²) in [6, 6.07) is 0. The highest BCUT2D eigenvalue weighted by Gasteiger charge is 2.22. The molecule has 0 radical (unpaired) electrons. The third-order valence-electron chi connectivity index (χ3n) is 4.11. The van der Waals surface area contributed by atoms with Crippen molar-refractivity contribution in [1.82, 2.24) is 10.2 Å². The fraction of sp³-hybridized carbons (Fsp3) is 0.938. The number of likely N-dealkylation sites (tertiary alicyclic amines) is 1. The minimum absolute atomic E-state index is 0.385. The van der Waals surface area contributed by atoms with E-state index in [0.717, 1.165) is 32.5 Å². The van der Waals surface area contributed by atoms with Gasteiger partial charge in [0.15, 0.2) is 0 Å². The van der Waals surface area contributed by atoms with Crippen LogP contribution >= 0.6 is 0 Å². The quantitative estimate of drug-likeness (QED) is 0.651. The molecule has 0 spiro atoms. The summed E-state index contributed by atoms with van der Waals surface area (Å²) in [6.45, 7) is 5.23. The molecule has 19 heavy (non-hydrogen) atoms. The standard InChI is InChI=1S/C16H32N2O/c1-3-4-5-6-7-8-11-16(19)18-12-9-10-15(14-18)13-17-2/h15,17H,3-14H2,1-2H3. The van der Waals surface area contributed by atoms with Crippen LogP contribution in [0.3, 0.4) is 0 Å². The molecule has 0 aromatic rings. The minimum atomic E-state index is 0.385. The zero-order valence-electron chi connectivity index (χ0n) is 12.9. The van der Waals surface area contributed by atoms with Crippen molar-refractivity contribution in [3.63, 3.8) is 0 Å². The van der Waals surface area contributed by atoms with Gasteiger partial charge in [-0.2, -0.15) is 0 Å². The average Bonchev–Trinajstić information content (AvgIpc) is 2.43. The van der Waals surface area contributed by atoms with Crippen LogP contribution in [0.15, 0.2) is 0 Å². The molecule has 3 heteroatoms. The van der Waals surface area contributed by atoms with Crippen molar-refractivity contribution in [3.8, 4) is 0 Å². The van der Waals surface area contributed by atoms with E-state index < -0.39 is 0 Å². The number of nitrogens with one attached hydrogen (secondary N) is 1. The van der Waals surface area contributed by atoms with Crippen LogP contribution in [0.4, 0.5) is 0 Å². The molecule has 1 N–H and O–H groups in total. The van der Waals surface area contributed by atoms with Crippen LogP contribution in [0.25, 0.3) is 0 Å². The van der Waals surface area contributed by atoms with E-state index in [2.05, 4.69) is 17.1 Å². The fourth-order valence-electron chi connectivity index (χ4n) is 2.96. The van der Waals surface area contributed by atoms with E-state index in [9.17, 15) is 4.79 Å². The van der Waals surface area contributed by atoms with Crippen LogP contribution in [0.1, 0.15) is 64.7 Å². The molecule has 1 aliphatic heterocycles. The van der Waals surface area contributed by atoms with Crippen LogP contribution in [0.5, 0.6) is 0 Å². The van der Waals surface area contributed by atoms with E-state index in [1.54, 1.807) is 0 Å². The maximum absolute atomic E-state index is 12.1. The molecule has 1 atom stereocenters. The molecule has 1 aliphatic rings. The smallest absolute Gasteiger partial charge is 0.222 e. The first-order valence-corrected chi connectivity index (χ1v) is 8.20. The molecule has 0 aromatic heterocycles. The lowest BCUT2D eigenvalue weighted by Crippen LogP contribution is -2.42. The highest BCUT2D eigenvalue weighted by atomic mass is 16.2. The SMILES string of the molecule is CCCCCCCCC(=O)N1CCCC(CNC)C1. The average molecular weight is 268 g/mol. The molecule has 3 nitrogen and oxygen atoms in total. The number of nitrogens with zero attached hydrogens (tertiary/aromatic N) is 1. The first-order chi connectivity index (χ1) is 9.27. The number of rotatable bonds is 9. The summed E-state index contributed by atoms with van der Waals surface area (Å²) in [7, 11) is 2.00. The summed E-state index contributed by atoms with van der Waals surface area (Å²) < 4.78 is 0. The Kier molecular flexibility index (Phi) is 8.89. The monoisotopic (exact) mass is 268 g/mol. The molecule has 0 aliphatic carbocycles. The molecule has 0 bridgehead atoms. The lowest BCUT2D eigenvalue weighted by atomic mass is 9.97. The summed E-state index contributed by atoms with van der Waals surface area (Å²) in [5.74, 6) is 1.04. The van der Waals surface area contributed by atoms with Crippen molar-refractivity contribution < 1.29 is 4.79 Å². The Bertz CT molecular complexity index is 241. The van der Waals surface area contributed by atoms with E-state index >= 15 is 0 Å². The molecule has 1 amide bonds. The maximum atomic E-state index is 12.1. The van der Waals surface area contributed by atoms with Crippen molar-refractivity contribution in [2.24, 2.45) is 5.92 Å². The van der Waals surface area contributed by atoms with Crippen molar-refractivity contribution in [1.29, 1.82) is 0 Å². The Morgan fingerprint density at radius 3 is 2.68 bits per heavy atom. The van der Waals surface area contributed by atoms with Crippen molar-refractivity contribution >= 4 is 5.91 Å². The summed E-state index contributed by atoms with van der Waals surface area (Å²) in [4.78, 5) is 14.2. The van der Waals surface area contributed by atoms with Gasteiger partial charge in [0.05, 0.1) is 0 Å². The number of amides is 1. The third-order valence-corrected chi connectivity index (χ3v) is 4.11. The molecule has 0 saturated carbocycles. The maximum Gasteiger partial charge on any atom is 0.222 e. The Hall–Kier alpha value is -0.570. The van der Waals surface area contributed by atoms with Gasteiger partial charge in [-0.3, -0.25) is 4.79 Å². The first-order valence-electron chi connectivity index (χ1n) is 8.20. The predicted molar refractivity (Wildman–Crippen MR) is 81.2 cm³/mol. The molecule has 1 heterocycles. The highest BCUT2D eigenvalue weighted by Crippen LogP contribution is 2.17. The Labute approximate surface area is 119 Å². The van der Waals surface area contributed by atoms with E-state index in [1.807, 2.05) is 7.05 Å². The highest BCUT2D eigenvalue weighted by molar-refractivity contribution is 5.76.